The number of hydrogen-bond acceptors (Lipinski definition) is 1. The van der Waals surface area contributed by atoms with E-state index < -0.39 is 17.6 Å². The average Bonchev–Trinajstić information content (AvgIpc) is 2.28. The number of alkyl halides is 3. The highest BCUT2D eigenvalue weighted by Gasteiger charge is 2.33. The standard InChI is InChI=1S/C13H9F4N/c14-12-8-9(4-5-11(12)13(15,16)17)7-10-3-1-2-6-18-10/h1-6,8H,7H2. The van der Waals surface area contributed by atoms with Crippen LogP contribution in [0.25, 0.3) is 0 Å². The highest BCUT2D eigenvalue weighted by molar-refractivity contribution is 5.29. The number of hydrogen-bond donors (Lipinski definition) is 0. The molecule has 0 spiro atoms. The molecule has 18 heavy (non-hydrogen) atoms. The lowest BCUT2D eigenvalue weighted by Crippen LogP contribution is -2.08. The van der Waals surface area contributed by atoms with Crippen LogP contribution in [0.5, 0.6) is 0 Å². The maximum absolute atomic E-state index is 13.3. The van der Waals surface area contributed by atoms with Gasteiger partial charge in [0, 0.05) is 18.3 Å². The molecule has 0 aliphatic carbocycles. The first-order chi connectivity index (χ1) is 8.47. The van der Waals surface area contributed by atoms with Gasteiger partial charge in [-0.2, -0.15) is 13.2 Å². The maximum Gasteiger partial charge on any atom is 0.419 e. The Bertz CT molecular complexity index is 534. The molecular formula is C13H9F4N. The number of benzene rings is 1. The van der Waals surface area contributed by atoms with Gasteiger partial charge in [-0.05, 0) is 29.8 Å². The van der Waals surface area contributed by atoms with E-state index in [2.05, 4.69) is 4.98 Å². The minimum atomic E-state index is -4.66. The van der Waals surface area contributed by atoms with Crippen LogP contribution in [0.3, 0.4) is 0 Å². The van der Waals surface area contributed by atoms with Gasteiger partial charge < -0.3 is 0 Å². The minimum Gasteiger partial charge on any atom is -0.261 e. The van der Waals surface area contributed by atoms with Gasteiger partial charge in [0.2, 0.25) is 0 Å². The van der Waals surface area contributed by atoms with Gasteiger partial charge in [0.15, 0.2) is 0 Å². The van der Waals surface area contributed by atoms with Crippen LogP contribution in [0.2, 0.25) is 0 Å². The Morgan fingerprint density at radius 3 is 2.39 bits per heavy atom. The number of aromatic nitrogens is 1. The van der Waals surface area contributed by atoms with Gasteiger partial charge in [0.1, 0.15) is 5.82 Å². The molecule has 0 aliphatic heterocycles. The summed E-state index contributed by atoms with van der Waals surface area (Å²) < 4.78 is 50.4. The van der Waals surface area contributed by atoms with Crippen LogP contribution >= 0.6 is 0 Å². The predicted octanol–water partition coefficient (Wildman–Crippen LogP) is 3.83. The van der Waals surface area contributed by atoms with Crippen LogP contribution in [0.15, 0.2) is 42.6 Å². The summed E-state index contributed by atoms with van der Waals surface area (Å²) in [6.45, 7) is 0. The molecule has 0 atom stereocenters. The van der Waals surface area contributed by atoms with Gasteiger partial charge in [-0.25, -0.2) is 4.39 Å². The monoisotopic (exact) mass is 255 g/mol. The lowest BCUT2D eigenvalue weighted by atomic mass is 10.1. The molecule has 0 radical (unpaired) electrons. The molecule has 1 nitrogen and oxygen atoms in total. The zero-order valence-electron chi connectivity index (χ0n) is 9.21. The second kappa shape index (κ2) is 4.76. The van der Waals surface area contributed by atoms with Crippen molar-refractivity contribution in [3.05, 3.63) is 65.2 Å². The van der Waals surface area contributed by atoms with Crippen molar-refractivity contribution in [2.75, 3.05) is 0 Å². The Morgan fingerprint density at radius 2 is 1.83 bits per heavy atom. The van der Waals surface area contributed by atoms with Crippen LogP contribution in [0.1, 0.15) is 16.8 Å². The molecule has 1 aromatic heterocycles. The lowest BCUT2D eigenvalue weighted by Gasteiger charge is -2.09. The predicted molar refractivity (Wildman–Crippen MR) is 58.4 cm³/mol. The summed E-state index contributed by atoms with van der Waals surface area (Å²) in [7, 11) is 0. The first-order valence-electron chi connectivity index (χ1n) is 5.22. The normalized spacial score (nSPS) is 11.6. The number of pyridine rings is 1. The molecule has 0 unspecified atom stereocenters. The van der Waals surface area contributed by atoms with E-state index in [-0.39, 0.29) is 0 Å². The zero-order valence-corrected chi connectivity index (χ0v) is 9.21. The lowest BCUT2D eigenvalue weighted by molar-refractivity contribution is -0.140. The minimum absolute atomic E-state index is 0.301. The van der Waals surface area contributed by atoms with Crippen molar-refractivity contribution in [1.29, 1.82) is 0 Å². The van der Waals surface area contributed by atoms with Gasteiger partial charge in [-0.15, -0.1) is 0 Å². The Balaban J connectivity index is 2.25. The highest BCUT2D eigenvalue weighted by Crippen LogP contribution is 2.31. The van der Waals surface area contributed by atoms with E-state index in [1.54, 1.807) is 24.4 Å². The van der Waals surface area contributed by atoms with Crippen molar-refractivity contribution >= 4 is 0 Å². The van der Waals surface area contributed by atoms with Crippen LogP contribution in [0, 0.1) is 5.82 Å². The van der Waals surface area contributed by atoms with E-state index >= 15 is 0 Å². The van der Waals surface area contributed by atoms with E-state index in [0.717, 1.165) is 12.1 Å². The van der Waals surface area contributed by atoms with E-state index in [0.29, 0.717) is 17.7 Å². The number of rotatable bonds is 2. The molecule has 1 aromatic carbocycles. The molecule has 0 saturated heterocycles. The summed E-state index contributed by atoms with van der Waals surface area (Å²) in [5, 5.41) is 0. The van der Waals surface area contributed by atoms with Gasteiger partial charge in [0.25, 0.3) is 0 Å². The molecule has 0 amide bonds. The Labute approximate surface area is 101 Å². The first kappa shape index (κ1) is 12.5. The SMILES string of the molecule is Fc1cc(Cc2ccccn2)ccc1C(F)(F)F. The number of halogens is 4. The van der Waals surface area contributed by atoms with Crippen molar-refractivity contribution in [2.45, 2.75) is 12.6 Å². The molecule has 2 aromatic rings. The van der Waals surface area contributed by atoms with Crippen molar-refractivity contribution in [3.63, 3.8) is 0 Å². The molecule has 0 fully saturated rings. The van der Waals surface area contributed by atoms with Crippen LogP contribution in [-0.4, -0.2) is 4.98 Å². The van der Waals surface area contributed by atoms with E-state index in [4.69, 9.17) is 0 Å². The Hall–Kier alpha value is -1.91. The third-order valence-electron chi connectivity index (χ3n) is 2.45. The van der Waals surface area contributed by atoms with Gasteiger partial charge in [-0.1, -0.05) is 12.1 Å². The molecule has 2 rings (SSSR count). The smallest absolute Gasteiger partial charge is 0.261 e. The number of nitrogens with zero attached hydrogens (tertiary/aromatic N) is 1. The molecule has 0 saturated carbocycles. The summed E-state index contributed by atoms with van der Waals surface area (Å²) in [4.78, 5) is 4.03. The highest BCUT2D eigenvalue weighted by atomic mass is 19.4. The summed E-state index contributed by atoms with van der Waals surface area (Å²) in [5.74, 6) is -1.25. The molecule has 0 bridgehead atoms. The quantitative estimate of drug-likeness (QED) is 0.743. The van der Waals surface area contributed by atoms with Crippen molar-refractivity contribution in [2.24, 2.45) is 0 Å². The third-order valence-corrected chi connectivity index (χ3v) is 2.45. The average molecular weight is 255 g/mol. The van der Waals surface area contributed by atoms with Gasteiger partial charge >= 0.3 is 6.18 Å². The third kappa shape index (κ3) is 2.85. The summed E-state index contributed by atoms with van der Waals surface area (Å²) in [6, 6.07) is 8.15. The molecular weight excluding hydrogens is 246 g/mol. The first-order valence-corrected chi connectivity index (χ1v) is 5.22. The zero-order chi connectivity index (χ0) is 13.2. The van der Waals surface area contributed by atoms with Gasteiger partial charge in [-0.3, -0.25) is 4.98 Å². The van der Waals surface area contributed by atoms with Crippen LogP contribution in [0.4, 0.5) is 17.6 Å². The Kier molecular flexibility index (Phi) is 3.32. The fraction of sp³-hybridized carbons (Fsp3) is 0.154. The van der Waals surface area contributed by atoms with E-state index in [1.165, 1.54) is 6.07 Å². The van der Waals surface area contributed by atoms with E-state index in [9.17, 15) is 17.6 Å². The van der Waals surface area contributed by atoms with Crippen molar-refractivity contribution < 1.29 is 17.6 Å². The second-order valence-corrected chi connectivity index (χ2v) is 3.81. The topological polar surface area (TPSA) is 12.9 Å². The van der Waals surface area contributed by atoms with Gasteiger partial charge in [0.05, 0.1) is 5.56 Å². The summed E-state index contributed by atoms with van der Waals surface area (Å²) in [6.07, 6.45) is -2.78. The Morgan fingerprint density at radius 1 is 1.06 bits per heavy atom. The van der Waals surface area contributed by atoms with Crippen LogP contribution < -0.4 is 0 Å². The summed E-state index contributed by atoms with van der Waals surface area (Å²) >= 11 is 0. The molecule has 0 aliphatic rings. The summed E-state index contributed by atoms with van der Waals surface area (Å²) in [5.41, 5.74) is -0.108. The van der Waals surface area contributed by atoms with Crippen molar-refractivity contribution in [3.8, 4) is 0 Å². The van der Waals surface area contributed by atoms with Crippen molar-refractivity contribution in [1.82, 2.24) is 4.98 Å². The molecule has 0 N–H and O–H groups in total. The largest absolute Gasteiger partial charge is 0.419 e. The van der Waals surface area contributed by atoms with E-state index in [1.807, 2.05) is 0 Å². The molecule has 5 heteroatoms. The maximum atomic E-state index is 13.3. The molecule has 1 heterocycles. The molecule has 94 valence electrons. The van der Waals surface area contributed by atoms with Crippen LogP contribution in [-0.2, 0) is 12.6 Å². The fourth-order valence-corrected chi connectivity index (χ4v) is 1.61. The second-order valence-electron chi connectivity index (χ2n) is 3.81. The fourth-order valence-electron chi connectivity index (χ4n) is 1.61.